The average molecular weight is 607 g/mol. The minimum Gasteiger partial charge on any atom is -0.507 e. The molecule has 0 amide bonds. The van der Waals surface area contributed by atoms with Gasteiger partial charge in [0.15, 0.2) is 22.3 Å². The third-order valence-electron chi connectivity index (χ3n) is 9.64. The number of aromatic hydroxyl groups is 1. The van der Waals surface area contributed by atoms with Gasteiger partial charge in [-0.25, -0.2) is 15.0 Å². The van der Waals surface area contributed by atoms with Crippen LogP contribution in [0.25, 0.3) is 33.2 Å². The van der Waals surface area contributed by atoms with E-state index in [-0.39, 0.29) is 34.3 Å². The smallest absolute Gasteiger partial charge is 0.192 e. The molecule has 3 heterocycles. The topological polar surface area (TPSA) is 91.5 Å². The molecule has 1 N–H and O–H groups in total. The van der Waals surface area contributed by atoms with E-state index in [1.807, 2.05) is 34.9 Å². The second-order valence-electron chi connectivity index (χ2n) is 14.6. The molecule has 5 rings (SSSR count). The summed E-state index contributed by atoms with van der Waals surface area (Å²) < 4.78 is 22.3. The highest BCUT2D eigenvalue weighted by Gasteiger charge is 2.47. The molecule has 2 aromatic heterocycles. The molecule has 1 fully saturated rings. The van der Waals surface area contributed by atoms with Crippen molar-refractivity contribution >= 4 is 38.6 Å². The SMILES string of the molecule is CC(C)(C)[Si](C)(C)OC[C@H]1O[C@@H](n2cnc3c(-c4cc5ccccc5cc4O)ncnc32)C[C@@H]1O[Si](C)(C)C(C)(C)C. The number of aromatic nitrogens is 4. The molecule has 1 aliphatic heterocycles. The van der Waals surface area contributed by atoms with Crippen LogP contribution >= 0.6 is 0 Å². The van der Waals surface area contributed by atoms with E-state index in [0.717, 1.165) is 10.8 Å². The van der Waals surface area contributed by atoms with Crippen LogP contribution in [0.2, 0.25) is 36.3 Å². The zero-order valence-electron chi connectivity index (χ0n) is 26.7. The van der Waals surface area contributed by atoms with Crippen molar-refractivity contribution in [3.05, 3.63) is 49.1 Å². The fraction of sp³-hybridized carbons (Fsp3) is 0.531. The van der Waals surface area contributed by atoms with Gasteiger partial charge in [0.2, 0.25) is 0 Å². The minimum atomic E-state index is -2.08. The number of benzene rings is 2. The maximum atomic E-state index is 10.9. The highest BCUT2D eigenvalue weighted by Crippen LogP contribution is 2.43. The molecule has 8 nitrogen and oxygen atoms in total. The first kappa shape index (κ1) is 30.8. The van der Waals surface area contributed by atoms with Crippen LogP contribution in [0.1, 0.15) is 54.2 Å². The predicted molar refractivity (Wildman–Crippen MR) is 174 cm³/mol. The van der Waals surface area contributed by atoms with Crippen LogP contribution in [0.5, 0.6) is 5.75 Å². The Kier molecular flexibility index (Phi) is 7.94. The molecule has 2 aromatic carbocycles. The molecule has 1 aliphatic rings. The Bertz CT molecular complexity index is 1590. The van der Waals surface area contributed by atoms with Crippen LogP contribution in [0, 0.1) is 0 Å². The Labute approximate surface area is 251 Å². The van der Waals surface area contributed by atoms with Gasteiger partial charge >= 0.3 is 0 Å². The lowest BCUT2D eigenvalue weighted by Crippen LogP contribution is -2.48. The van der Waals surface area contributed by atoms with Crippen LogP contribution < -0.4 is 0 Å². The molecule has 1 saturated heterocycles. The second-order valence-corrected chi connectivity index (χ2v) is 24.2. The summed E-state index contributed by atoms with van der Waals surface area (Å²) in [5.41, 5.74) is 2.49. The summed E-state index contributed by atoms with van der Waals surface area (Å²) in [6.07, 6.45) is 3.34. The van der Waals surface area contributed by atoms with E-state index in [9.17, 15) is 5.11 Å². The van der Waals surface area contributed by atoms with E-state index in [4.69, 9.17) is 18.6 Å². The van der Waals surface area contributed by atoms with Gasteiger partial charge in [0.25, 0.3) is 0 Å². The number of hydrogen-bond acceptors (Lipinski definition) is 7. The average Bonchev–Trinajstić information content (AvgIpc) is 3.49. The number of hydrogen-bond donors (Lipinski definition) is 1. The van der Waals surface area contributed by atoms with Crippen molar-refractivity contribution in [2.24, 2.45) is 0 Å². The van der Waals surface area contributed by atoms with Crippen molar-refractivity contribution in [3.63, 3.8) is 0 Å². The summed E-state index contributed by atoms with van der Waals surface area (Å²) in [4.78, 5) is 13.9. The third kappa shape index (κ3) is 5.79. The number of rotatable bonds is 7. The van der Waals surface area contributed by atoms with Crippen molar-refractivity contribution in [1.29, 1.82) is 0 Å². The van der Waals surface area contributed by atoms with Gasteiger partial charge in [0, 0.05) is 12.0 Å². The lowest BCUT2D eigenvalue weighted by Gasteiger charge is -2.40. The monoisotopic (exact) mass is 606 g/mol. The van der Waals surface area contributed by atoms with Gasteiger partial charge in [-0.3, -0.25) is 4.57 Å². The number of phenolic OH excluding ortho intramolecular Hbond substituents is 1. The van der Waals surface area contributed by atoms with Crippen molar-refractivity contribution in [1.82, 2.24) is 19.5 Å². The molecule has 0 saturated carbocycles. The molecule has 226 valence electrons. The molecule has 0 radical (unpaired) electrons. The molecule has 3 atom stereocenters. The van der Waals surface area contributed by atoms with E-state index in [0.29, 0.717) is 35.4 Å². The van der Waals surface area contributed by atoms with Crippen molar-refractivity contribution in [3.8, 4) is 17.0 Å². The first-order chi connectivity index (χ1) is 19.5. The number of fused-ring (bicyclic) bond motifs is 2. The van der Waals surface area contributed by atoms with Gasteiger partial charge in [-0.2, -0.15) is 0 Å². The first-order valence-corrected chi connectivity index (χ1v) is 20.7. The summed E-state index contributed by atoms with van der Waals surface area (Å²) in [5.74, 6) is 0.158. The van der Waals surface area contributed by atoms with Crippen LogP contribution in [-0.4, -0.2) is 60.1 Å². The lowest BCUT2D eigenvalue weighted by molar-refractivity contribution is -0.0383. The molecule has 0 spiro atoms. The van der Waals surface area contributed by atoms with Gasteiger partial charge in [-0.1, -0.05) is 65.8 Å². The normalized spacial score (nSPS) is 20.6. The quantitative estimate of drug-likeness (QED) is 0.213. The fourth-order valence-electron chi connectivity index (χ4n) is 4.89. The molecular formula is C32H46N4O4Si2. The van der Waals surface area contributed by atoms with Crippen LogP contribution in [0.15, 0.2) is 49.1 Å². The Hall–Kier alpha value is -2.64. The van der Waals surface area contributed by atoms with Crippen LogP contribution in [-0.2, 0) is 13.6 Å². The van der Waals surface area contributed by atoms with Crippen LogP contribution in [0.3, 0.4) is 0 Å². The maximum Gasteiger partial charge on any atom is 0.192 e. The summed E-state index contributed by atoms with van der Waals surface area (Å²) in [6.45, 7) is 23.1. The van der Waals surface area contributed by atoms with Gasteiger partial charge in [0.1, 0.15) is 35.6 Å². The van der Waals surface area contributed by atoms with Crippen LogP contribution in [0.4, 0.5) is 0 Å². The highest BCUT2D eigenvalue weighted by molar-refractivity contribution is 6.74. The van der Waals surface area contributed by atoms with E-state index in [1.54, 1.807) is 12.4 Å². The number of phenols is 1. The van der Waals surface area contributed by atoms with Crippen molar-refractivity contribution in [2.45, 2.75) is 103 Å². The van der Waals surface area contributed by atoms with E-state index in [1.165, 1.54) is 6.33 Å². The molecule has 0 bridgehead atoms. The Balaban J connectivity index is 1.48. The first-order valence-electron chi connectivity index (χ1n) is 14.9. The van der Waals surface area contributed by atoms with Crippen molar-refractivity contribution < 1.29 is 18.7 Å². The minimum absolute atomic E-state index is 0.0710. The summed E-state index contributed by atoms with van der Waals surface area (Å²) >= 11 is 0. The molecule has 42 heavy (non-hydrogen) atoms. The Morgan fingerprint density at radius 2 is 1.57 bits per heavy atom. The largest absolute Gasteiger partial charge is 0.507 e. The zero-order chi connectivity index (χ0) is 30.7. The number of imidazole rings is 1. The van der Waals surface area contributed by atoms with Gasteiger partial charge < -0.3 is 18.7 Å². The van der Waals surface area contributed by atoms with E-state index < -0.39 is 16.6 Å². The summed E-state index contributed by atoms with van der Waals surface area (Å²) in [7, 11) is -4.06. The Morgan fingerprint density at radius 1 is 0.929 bits per heavy atom. The Morgan fingerprint density at radius 3 is 2.21 bits per heavy atom. The van der Waals surface area contributed by atoms with E-state index in [2.05, 4.69) is 77.7 Å². The standard InChI is InChI=1S/C32H46N4O4Si2/c1-31(2,3)41(7,8)38-18-26-25(40-42(9,10)32(4,5)6)17-27(39-26)36-20-35-29-28(33-19-34-30(29)36)23-15-21-13-11-12-14-22(21)16-24(23)37/h11-16,19-20,25-27,37H,17-18H2,1-10H3/t25-,26+,27+/m0/s1. The fourth-order valence-corrected chi connectivity index (χ4v) is 7.26. The van der Waals surface area contributed by atoms with Gasteiger partial charge in [-0.05, 0) is 59.2 Å². The molecule has 10 heteroatoms. The predicted octanol–water partition coefficient (Wildman–Crippen LogP) is 8.05. The third-order valence-corrected chi connectivity index (χ3v) is 18.6. The summed E-state index contributed by atoms with van der Waals surface area (Å²) in [6, 6.07) is 11.7. The zero-order valence-corrected chi connectivity index (χ0v) is 28.7. The summed E-state index contributed by atoms with van der Waals surface area (Å²) in [5, 5.41) is 13.1. The molecule has 0 unspecified atom stereocenters. The highest BCUT2D eigenvalue weighted by atomic mass is 28.4. The molecule has 0 aliphatic carbocycles. The maximum absolute atomic E-state index is 10.9. The van der Waals surface area contributed by atoms with E-state index >= 15 is 0 Å². The van der Waals surface area contributed by atoms with Gasteiger partial charge in [0.05, 0.1) is 19.0 Å². The lowest BCUT2D eigenvalue weighted by atomic mass is 10.0. The van der Waals surface area contributed by atoms with Gasteiger partial charge in [-0.15, -0.1) is 0 Å². The molecular weight excluding hydrogens is 561 g/mol. The number of ether oxygens (including phenoxy) is 1. The number of nitrogens with zero attached hydrogens (tertiary/aromatic N) is 4. The molecule has 4 aromatic rings. The second kappa shape index (κ2) is 10.8. The van der Waals surface area contributed by atoms with Crippen molar-refractivity contribution in [2.75, 3.05) is 6.61 Å².